The molecule has 2 rings (SSSR count). The van der Waals surface area contributed by atoms with Crippen LogP contribution in [-0.2, 0) is 4.79 Å². The molecule has 0 aromatic heterocycles. The third-order valence-corrected chi connectivity index (χ3v) is 4.74. The molecule has 1 aromatic carbocycles. The van der Waals surface area contributed by atoms with E-state index in [0.29, 0.717) is 68.8 Å². The Bertz CT molecular complexity index is 677. The number of benzene rings is 1. The molecular weight excluding hydrogens is 372 g/mol. The van der Waals surface area contributed by atoms with E-state index in [1.54, 1.807) is 17.0 Å². The van der Waals surface area contributed by atoms with Crippen molar-refractivity contribution in [2.24, 2.45) is 5.92 Å². The van der Waals surface area contributed by atoms with Crippen molar-refractivity contribution < 1.29 is 23.8 Å². The fourth-order valence-corrected chi connectivity index (χ4v) is 3.40. The van der Waals surface area contributed by atoms with Crippen LogP contribution in [0.1, 0.15) is 51.4 Å². The van der Waals surface area contributed by atoms with Crippen molar-refractivity contribution in [3.8, 4) is 17.2 Å². The third-order valence-electron chi connectivity index (χ3n) is 4.74. The van der Waals surface area contributed by atoms with Gasteiger partial charge in [-0.1, -0.05) is 13.8 Å². The molecule has 1 aliphatic rings. The van der Waals surface area contributed by atoms with E-state index in [-0.39, 0.29) is 17.7 Å². The number of ether oxygens (including phenoxy) is 3. The molecule has 1 fully saturated rings. The van der Waals surface area contributed by atoms with E-state index in [1.165, 1.54) is 0 Å². The van der Waals surface area contributed by atoms with Crippen molar-refractivity contribution in [2.75, 3.05) is 46.0 Å². The largest absolute Gasteiger partial charge is 0.490 e. The van der Waals surface area contributed by atoms with Crippen LogP contribution >= 0.6 is 0 Å². The van der Waals surface area contributed by atoms with E-state index in [0.717, 1.165) is 6.42 Å². The fraction of sp³-hybridized carbons (Fsp3) is 0.636. The first-order valence-corrected chi connectivity index (χ1v) is 10.6. The maximum atomic E-state index is 13.2. The molecule has 0 spiro atoms. The minimum atomic E-state index is -0.0891. The van der Waals surface area contributed by atoms with Crippen LogP contribution in [0, 0.1) is 5.92 Å². The second-order valence-electron chi connectivity index (χ2n) is 7.23. The van der Waals surface area contributed by atoms with E-state index in [2.05, 4.69) is 0 Å². The van der Waals surface area contributed by atoms with Gasteiger partial charge in [-0.15, -0.1) is 0 Å². The predicted molar refractivity (Wildman–Crippen MR) is 112 cm³/mol. The van der Waals surface area contributed by atoms with Gasteiger partial charge < -0.3 is 24.0 Å². The zero-order valence-corrected chi connectivity index (χ0v) is 18.3. The highest BCUT2D eigenvalue weighted by molar-refractivity contribution is 5.95. The number of hydrogen-bond acceptors (Lipinski definition) is 5. The van der Waals surface area contributed by atoms with Crippen molar-refractivity contribution in [1.29, 1.82) is 0 Å². The Morgan fingerprint density at radius 2 is 1.38 bits per heavy atom. The highest BCUT2D eigenvalue weighted by Gasteiger charge is 2.26. The number of carbonyl (C=O) groups excluding carboxylic acids is 2. The van der Waals surface area contributed by atoms with Crippen molar-refractivity contribution in [3.05, 3.63) is 17.7 Å². The van der Waals surface area contributed by atoms with Gasteiger partial charge in [-0.3, -0.25) is 9.59 Å². The van der Waals surface area contributed by atoms with Crippen molar-refractivity contribution in [3.63, 3.8) is 0 Å². The topological polar surface area (TPSA) is 68.3 Å². The van der Waals surface area contributed by atoms with Crippen molar-refractivity contribution >= 4 is 11.8 Å². The highest BCUT2D eigenvalue weighted by atomic mass is 16.5. The Kier molecular flexibility index (Phi) is 8.61. The molecule has 7 heteroatoms. The van der Waals surface area contributed by atoms with Gasteiger partial charge in [0.1, 0.15) is 0 Å². The average Bonchev–Trinajstić information content (AvgIpc) is 2.95. The van der Waals surface area contributed by atoms with Crippen LogP contribution in [0.4, 0.5) is 0 Å². The maximum absolute atomic E-state index is 13.2. The summed E-state index contributed by atoms with van der Waals surface area (Å²) in [6.45, 7) is 13.2. The molecule has 1 aromatic rings. The van der Waals surface area contributed by atoms with Crippen LogP contribution in [0.15, 0.2) is 12.1 Å². The van der Waals surface area contributed by atoms with E-state index in [9.17, 15) is 9.59 Å². The molecule has 0 N–H and O–H groups in total. The van der Waals surface area contributed by atoms with Gasteiger partial charge >= 0.3 is 0 Å². The van der Waals surface area contributed by atoms with Gasteiger partial charge in [0.25, 0.3) is 5.91 Å². The fourth-order valence-electron chi connectivity index (χ4n) is 3.40. The van der Waals surface area contributed by atoms with Crippen LogP contribution in [-0.4, -0.2) is 67.6 Å². The summed E-state index contributed by atoms with van der Waals surface area (Å²) in [7, 11) is 0. The lowest BCUT2D eigenvalue weighted by Gasteiger charge is -2.24. The quantitative estimate of drug-likeness (QED) is 0.663. The van der Waals surface area contributed by atoms with Crippen LogP contribution < -0.4 is 14.2 Å². The summed E-state index contributed by atoms with van der Waals surface area (Å²) in [5, 5.41) is 0. The number of nitrogens with zero attached hydrogens (tertiary/aromatic N) is 2. The molecule has 0 unspecified atom stereocenters. The second kappa shape index (κ2) is 10.9. The summed E-state index contributed by atoms with van der Waals surface area (Å²) >= 11 is 0. The normalized spacial score (nSPS) is 14.6. The molecular formula is C22H34N2O5. The van der Waals surface area contributed by atoms with Gasteiger partial charge in [-0.05, 0) is 39.3 Å². The Balaban J connectivity index is 2.26. The van der Waals surface area contributed by atoms with Gasteiger partial charge in [0.15, 0.2) is 11.5 Å². The molecule has 0 aliphatic carbocycles. The Labute approximate surface area is 173 Å². The monoisotopic (exact) mass is 406 g/mol. The zero-order chi connectivity index (χ0) is 21.4. The average molecular weight is 407 g/mol. The molecule has 0 bridgehead atoms. The van der Waals surface area contributed by atoms with Gasteiger partial charge in [0.05, 0.1) is 19.8 Å². The van der Waals surface area contributed by atoms with E-state index >= 15 is 0 Å². The Hall–Kier alpha value is -2.44. The molecule has 0 saturated carbocycles. The molecule has 162 valence electrons. The minimum Gasteiger partial charge on any atom is -0.490 e. The molecule has 1 saturated heterocycles. The molecule has 2 amide bonds. The lowest BCUT2D eigenvalue weighted by atomic mass is 10.1. The summed E-state index contributed by atoms with van der Waals surface area (Å²) < 4.78 is 17.2. The molecule has 1 heterocycles. The minimum absolute atomic E-state index is 0.0362. The summed E-state index contributed by atoms with van der Waals surface area (Å²) in [5.74, 6) is 1.56. The third kappa shape index (κ3) is 5.78. The van der Waals surface area contributed by atoms with E-state index in [4.69, 9.17) is 14.2 Å². The van der Waals surface area contributed by atoms with Crippen molar-refractivity contribution in [2.45, 2.75) is 41.0 Å². The number of hydrogen-bond donors (Lipinski definition) is 0. The van der Waals surface area contributed by atoms with Gasteiger partial charge in [-0.2, -0.15) is 0 Å². The second-order valence-corrected chi connectivity index (χ2v) is 7.23. The Morgan fingerprint density at radius 1 is 0.862 bits per heavy atom. The van der Waals surface area contributed by atoms with E-state index in [1.807, 2.05) is 39.5 Å². The lowest BCUT2D eigenvalue weighted by molar-refractivity contribution is -0.134. The first kappa shape index (κ1) is 22.8. The van der Waals surface area contributed by atoms with Gasteiger partial charge in [0.2, 0.25) is 11.7 Å². The van der Waals surface area contributed by atoms with Crippen LogP contribution in [0.5, 0.6) is 17.2 Å². The van der Waals surface area contributed by atoms with Crippen molar-refractivity contribution in [1.82, 2.24) is 9.80 Å². The van der Waals surface area contributed by atoms with Gasteiger partial charge in [-0.25, -0.2) is 0 Å². The Morgan fingerprint density at radius 3 is 1.90 bits per heavy atom. The smallest absolute Gasteiger partial charge is 0.254 e. The van der Waals surface area contributed by atoms with Crippen LogP contribution in [0.3, 0.4) is 0 Å². The summed E-state index contributed by atoms with van der Waals surface area (Å²) in [5.41, 5.74) is 0.504. The molecule has 7 nitrogen and oxygen atoms in total. The van der Waals surface area contributed by atoms with Crippen LogP contribution in [0.25, 0.3) is 0 Å². The number of carbonyl (C=O) groups is 2. The molecule has 29 heavy (non-hydrogen) atoms. The summed E-state index contributed by atoms with van der Waals surface area (Å²) in [6, 6.07) is 3.45. The van der Waals surface area contributed by atoms with E-state index < -0.39 is 0 Å². The standard InChI is InChI=1S/C22H34N2O5/c1-6-27-18-14-17(15-19(28-7-2)20(18)29-8-3)22(26)24-11-9-10-23(12-13-24)21(25)16(4)5/h14-16H,6-13H2,1-5H3. The van der Waals surface area contributed by atoms with Crippen LogP contribution in [0.2, 0.25) is 0 Å². The summed E-state index contributed by atoms with van der Waals surface area (Å²) in [6.07, 6.45) is 0.762. The SMILES string of the molecule is CCOc1cc(C(=O)N2CCCN(C(=O)C(C)C)CC2)cc(OCC)c1OCC. The first-order valence-electron chi connectivity index (χ1n) is 10.6. The predicted octanol–water partition coefficient (Wildman–Crippen LogP) is 3.21. The molecule has 1 aliphatic heterocycles. The van der Waals surface area contributed by atoms with Gasteiger partial charge in [0, 0.05) is 37.7 Å². The molecule has 0 atom stereocenters. The maximum Gasteiger partial charge on any atom is 0.254 e. The lowest BCUT2D eigenvalue weighted by Crippen LogP contribution is -2.39. The number of rotatable bonds is 8. The highest BCUT2D eigenvalue weighted by Crippen LogP contribution is 2.39. The zero-order valence-electron chi connectivity index (χ0n) is 18.3. The summed E-state index contributed by atoms with van der Waals surface area (Å²) in [4.78, 5) is 29.2. The number of amides is 2. The first-order chi connectivity index (χ1) is 13.9. The molecule has 0 radical (unpaired) electrons.